The number of carbonyl (C=O) groups excluding carboxylic acids is 2. The summed E-state index contributed by atoms with van der Waals surface area (Å²) < 4.78 is 0. The number of carbonyl (C=O) groups is 2. The predicted molar refractivity (Wildman–Crippen MR) is 114 cm³/mol. The average Bonchev–Trinajstić information content (AvgIpc) is 3.06. The zero-order valence-corrected chi connectivity index (χ0v) is 17.1. The number of fused-ring (bicyclic) bond motifs is 2. The van der Waals surface area contributed by atoms with Crippen molar-refractivity contribution in [1.82, 2.24) is 15.2 Å². The fourth-order valence-corrected chi connectivity index (χ4v) is 4.16. The van der Waals surface area contributed by atoms with Crippen molar-refractivity contribution < 1.29 is 9.59 Å². The Kier molecular flexibility index (Phi) is 5.80. The minimum absolute atomic E-state index is 0.145. The number of amides is 2. The Morgan fingerprint density at radius 1 is 1.38 bits per heavy atom. The summed E-state index contributed by atoms with van der Waals surface area (Å²) in [6, 6.07) is 8.93. The molecule has 1 saturated heterocycles. The Hall–Kier alpha value is -2.48. The third-order valence-electron chi connectivity index (χ3n) is 5.54. The molecule has 1 fully saturated rings. The van der Waals surface area contributed by atoms with Crippen molar-refractivity contribution in [2.24, 2.45) is 0 Å². The summed E-state index contributed by atoms with van der Waals surface area (Å²) >= 11 is 6.18. The van der Waals surface area contributed by atoms with Gasteiger partial charge in [-0.3, -0.25) is 14.5 Å². The fourth-order valence-electron chi connectivity index (χ4n) is 4.00. The Bertz CT molecular complexity index is 935. The van der Waals surface area contributed by atoms with E-state index in [1.54, 1.807) is 36.5 Å². The summed E-state index contributed by atoms with van der Waals surface area (Å²) in [5, 5.41) is 6.53. The van der Waals surface area contributed by atoms with Crippen molar-refractivity contribution in [2.45, 2.75) is 25.3 Å². The molecule has 152 valence electrons. The van der Waals surface area contributed by atoms with Gasteiger partial charge in [0.2, 0.25) is 5.91 Å². The SMILES string of the molecule is CN1CCCC1CCNCC(=O)N1c2cc(Cl)ccc2C(=O)Nc2cccnc21. The third kappa shape index (κ3) is 4.12. The van der Waals surface area contributed by atoms with Crippen LogP contribution in [-0.4, -0.2) is 54.4 Å². The molecular formula is C21H24ClN5O2. The van der Waals surface area contributed by atoms with Crippen molar-refractivity contribution in [1.29, 1.82) is 0 Å². The molecule has 4 rings (SSSR count). The minimum Gasteiger partial charge on any atom is -0.319 e. The minimum atomic E-state index is -0.293. The molecule has 1 unspecified atom stereocenters. The van der Waals surface area contributed by atoms with Crippen LogP contribution in [0.3, 0.4) is 0 Å². The molecule has 0 spiro atoms. The number of hydrogen-bond acceptors (Lipinski definition) is 5. The lowest BCUT2D eigenvalue weighted by atomic mass is 10.1. The summed E-state index contributed by atoms with van der Waals surface area (Å²) in [5.41, 5.74) is 1.31. The van der Waals surface area contributed by atoms with Crippen molar-refractivity contribution in [2.75, 3.05) is 36.9 Å². The van der Waals surface area contributed by atoms with Crippen molar-refractivity contribution in [3.63, 3.8) is 0 Å². The number of nitrogens with zero attached hydrogens (tertiary/aromatic N) is 3. The molecule has 1 aromatic heterocycles. The lowest BCUT2D eigenvalue weighted by Gasteiger charge is -2.24. The Balaban J connectivity index is 1.55. The summed E-state index contributed by atoms with van der Waals surface area (Å²) in [6.07, 6.45) is 5.04. The van der Waals surface area contributed by atoms with E-state index in [0.717, 1.165) is 19.5 Å². The molecule has 0 radical (unpaired) electrons. The molecular weight excluding hydrogens is 390 g/mol. The van der Waals surface area contributed by atoms with Crippen LogP contribution in [0.5, 0.6) is 0 Å². The van der Waals surface area contributed by atoms with E-state index in [4.69, 9.17) is 11.6 Å². The number of nitrogens with one attached hydrogen (secondary N) is 2. The highest BCUT2D eigenvalue weighted by molar-refractivity contribution is 6.31. The van der Waals surface area contributed by atoms with E-state index in [0.29, 0.717) is 33.8 Å². The highest BCUT2D eigenvalue weighted by atomic mass is 35.5. The first kappa shape index (κ1) is 19.8. The lowest BCUT2D eigenvalue weighted by Crippen LogP contribution is -2.37. The standard InChI is InChI=1S/C21H24ClN5O2/c1-26-11-3-4-15(26)8-10-23-13-19(28)27-18-12-14(22)6-7-16(18)21(29)25-17-5-2-9-24-20(17)27/h2,5-7,9,12,15,23H,3-4,8,10-11,13H2,1H3,(H,25,29). The first-order valence-corrected chi connectivity index (χ1v) is 10.2. The smallest absolute Gasteiger partial charge is 0.257 e. The fraction of sp³-hybridized carbons (Fsp3) is 0.381. The van der Waals surface area contributed by atoms with Gasteiger partial charge in [-0.25, -0.2) is 4.98 Å². The Morgan fingerprint density at radius 2 is 2.24 bits per heavy atom. The van der Waals surface area contributed by atoms with Crippen LogP contribution < -0.4 is 15.5 Å². The zero-order chi connectivity index (χ0) is 20.4. The molecule has 1 atom stereocenters. The largest absolute Gasteiger partial charge is 0.319 e. The average molecular weight is 414 g/mol. The van der Waals surface area contributed by atoms with Crippen LogP contribution in [-0.2, 0) is 4.79 Å². The second-order valence-electron chi connectivity index (χ2n) is 7.46. The van der Waals surface area contributed by atoms with Crippen LogP contribution in [0.25, 0.3) is 0 Å². The molecule has 2 N–H and O–H groups in total. The summed E-state index contributed by atoms with van der Waals surface area (Å²) in [7, 11) is 2.15. The summed E-state index contributed by atoms with van der Waals surface area (Å²) in [4.78, 5) is 34.0. The van der Waals surface area contributed by atoms with Gasteiger partial charge in [-0.05, 0) is 69.7 Å². The molecule has 0 bridgehead atoms. The predicted octanol–water partition coefficient (Wildman–Crippen LogP) is 3.04. The maximum atomic E-state index is 13.2. The van der Waals surface area contributed by atoms with Gasteiger partial charge >= 0.3 is 0 Å². The van der Waals surface area contributed by atoms with E-state index >= 15 is 0 Å². The van der Waals surface area contributed by atoms with Crippen LogP contribution in [0, 0.1) is 0 Å². The number of pyridine rings is 1. The monoisotopic (exact) mass is 413 g/mol. The van der Waals surface area contributed by atoms with E-state index < -0.39 is 0 Å². The molecule has 2 aliphatic rings. The maximum Gasteiger partial charge on any atom is 0.257 e. The first-order valence-electron chi connectivity index (χ1n) is 9.84. The highest BCUT2D eigenvalue weighted by Gasteiger charge is 2.30. The van der Waals surface area contributed by atoms with Gasteiger partial charge in [0, 0.05) is 17.3 Å². The number of benzene rings is 1. The topological polar surface area (TPSA) is 77.6 Å². The van der Waals surface area contributed by atoms with Crippen molar-refractivity contribution >= 4 is 40.6 Å². The molecule has 8 heteroatoms. The number of aromatic nitrogens is 1. The van der Waals surface area contributed by atoms with Crippen LogP contribution >= 0.6 is 11.6 Å². The van der Waals surface area contributed by atoms with Crippen LogP contribution in [0.15, 0.2) is 36.5 Å². The van der Waals surface area contributed by atoms with E-state index in [1.165, 1.54) is 17.7 Å². The van der Waals surface area contributed by atoms with Gasteiger partial charge in [0.05, 0.1) is 23.5 Å². The van der Waals surface area contributed by atoms with Gasteiger partial charge in [0.15, 0.2) is 5.82 Å². The van der Waals surface area contributed by atoms with E-state index in [-0.39, 0.29) is 18.4 Å². The van der Waals surface area contributed by atoms with E-state index in [1.807, 2.05) is 0 Å². The maximum absolute atomic E-state index is 13.2. The molecule has 2 aromatic rings. The van der Waals surface area contributed by atoms with Gasteiger partial charge in [-0.2, -0.15) is 0 Å². The second kappa shape index (κ2) is 8.49. The molecule has 0 saturated carbocycles. The van der Waals surface area contributed by atoms with Gasteiger partial charge < -0.3 is 15.5 Å². The number of likely N-dealkylation sites (tertiary alicyclic amines) is 1. The number of rotatable bonds is 5. The molecule has 7 nitrogen and oxygen atoms in total. The summed E-state index contributed by atoms with van der Waals surface area (Å²) in [6.45, 7) is 2.04. The lowest BCUT2D eigenvalue weighted by molar-refractivity contribution is -0.117. The van der Waals surface area contributed by atoms with Crippen LogP contribution in [0.1, 0.15) is 29.6 Å². The molecule has 2 amide bonds. The first-order chi connectivity index (χ1) is 14.0. The van der Waals surface area contributed by atoms with Gasteiger partial charge in [0.25, 0.3) is 5.91 Å². The molecule has 1 aromatic carbocycles. The van der Waals surface area contributed by atoms with Crippen LogP contribution in [0.2, 0.25) is 5.02 Å². The molecule has 3 heterocycles. The van der Waals surface area contributed by atoms with Crippen LogP contribution in [0.4, 0.5) is 17.2 Å². The second-order valence-corrected chi connectivity index (χ2v) is 7.90. The van der Waals surface area contributed by atoms with Crippen molar-refractivity contribution in [3.8, 4) is 0 Å². The van der Waals surface area contributed by atoms with E-state index in [2.05, 4.69) is 27.6 Å². The highest BCUT2D eigenvalue weighted by Crippen LogP contribution is 2.37. The third-order valence-corrected chi connectivity index (χ3v) is 5.78. The quantitative estimate of drug-likeness (QED) is 0.737. The van der Waals surface area contributed by atoms with Crippen molar-refractivity contribution in [3.05, 3.63) is 47.1 Å². The molecule has 29 heavy (non-hydrogen) atoms. The van der Waals surface area contributed by atoms with Gasteiger partial charge in [-0.1, -0.05) is 11.6 Å². The zero-order valence-electron chi connectivity index (χ0n) is 16.3. The normalized spacial score (nSPS) is 18.8. The summed E-state index contributed by atoms with van der Waals surface area (Å²) in [5.74, 6) is -0.0904. The number of halogens is 1. The Morgan fingerprint density at radius 3 is 3.03 bits per heavy atom. The Labute approximate surface area is 175 Å². The number of hydrogen-bond donors (Lipinski definition) is 2. The number of anilines is 3. The van der Waals surface area contributed by atoms with E-state index in [9.17, 15) is 9.59 Å². The van der Waals surface area contributed by atoms with Gasteiger partial charge in [0.1, 0.15) is 0 Å². The molecule has 0 aliphatic carbocycles. The molecule has 2 aliphatic heterocycles. The van der Waals surface area contributed by atoms with Gasteiger partial charge in [-0.15, -0.1) is 0 Å².